The van der Waals surface area contributed by atoms with Crippen molar-refractivity contribution in [2.75, 3.05) is 18.5 Å². The van der Waals surface area contributed by atoms with Gasteiger partial charge in [0.05, 0.1) is 0 Å². The third-order valence-electron chi connectivity index (χ3n) is 2.98. The molecule has 0 spiro atoms. The van der Waals surface area contributed by atoms with E-state index in [-0.39, 0.29) is 5.84 Å². The normalized spacial score (nSPS) is 13.5. The van der Waals surface area contributed by atoms with Gasteiger partial charge in [-0.05, 0) is 18.1 Å². The summed E-state index contributed by atoms with van der Waals surface area (Å²) in [6.07, 6.45) is 1.13. The zero-order valence-electron chi connectivity index (χ0n) is 10.7. The van der Waals surface area contributed by atoms with Crippen molar-refractivity contribution >= 4 is 11.5 Å². The Morgan fingerprint density at radius 1 is 1.47 bits per heavy atom. The molecule has 17 heavy (non-hydrogen) atoms. The van der Waals surface area contributed by atoms with Crippen LogP contribution < -0.4 is 10.6 Å². The van der Waals surface area contributed by atoms with Gasteiger partial charge in [0.2, 0.25) is 0 Å². The van der Waals surface area contributed by atoms with E-state index >= 15 is 0 Å². The highest BCUT2D eigenvalue weighted by molar-refractivity contribution is 6.02. The van der Waals surface area contributed by atoms with Crippen LogP contribution in [0.1, 0.15) is 25.8 Å². The molecule has 0 fully saturated rings. The quantitative estimate of drug-likeness (QED) is 0.356. The molecule has 0 radical (unpaired) electrons. The molecule has 1 rings (SSSR count). The fourth-order valence-electron chi connectivity index (χ4n) is 1.77. The van der Waals surface area contributed by atoms with Crippen LogP contribution in [-0.2, 0) is 0 Å². The van der Waals surface area contributed by atoms with Crippen molar-refractivity contribution in [2.45, 2.75) is 20.3 Å². The van der Waals surface area contributed by atoms with Gasteiger partial charge in [0.1, 0.15) is 0 Å². The summed E-state index contributed by atoms with van der Waals surface area (Å²) in [6, 6.07) is 7.68. The number of rotatable bonds is 5. The standard InChI is InChI=1S/C13H21N3O/c1-4-10(2)9-16(3)12-8-6-5-7-11(12)13(14)15-17/h5-8,10,17H,4,9H2,1-3H3,(H2,14,15). The third kappa shape index (κ3) is 3.37. The zero-order valence-corrected chi connectivity index (χ0v) is 10.7. The predicted molar refractivity (Wildman–Crippen MR) is 71.7 cm³/mol. The van der Waals surface area contributed by atoms with Crippen molar-refractivity contribution in [3.8, 4) is 0 Å². The molecule has 4 nitrogen and oxygen atoms in total. The van der Waals surface area contributed by atoms with Crippen LogP contribution in [0.5, 0.6) is 0 Å². The van der Waals surface area contributed by atoms with Crippen LogP contribution in [0.15, 0.2) is 29.4 Å². The number of para-hydroxylation sites is 1. The lowest BCUT2D eigenvalue weighted by molar-refractivity contribution is 0.318. The van der Waals surface area contributed by atoms with Gasteiger partial charge in [0.25, 0.3) is 0 Å². The Hall–Kier alpha value is -1.71. The summed E-state index contributed by atoms with van der Waals surface area (Å²) in [5, 5.41) is 11.8. The molecule has 0 aliphatic rings. The van der Waals surface area contributed by atoms with Gasteiger partial charge in [0, 0.05) is 24.8 Å². The van der Waals surface area contributed by atoms with Crippen LogP contribution in [0.2, 0.25) is 0 Å². The Morgan fingerprint density at radius 3 is 2.71 bits per heavy atom. The molecule has 0 saturated heterocycles. The zero-order chi connectivity index (χ0) is 12.8. The number of oxime groups is 1. The fourth-order valence-corrected chi connectivity index (χ4v) is 1.77. The van der Waals surface area contributed by atoms with Crippen LogP contribution in [0.4, 0.5) is 5.69 Å². The number of anilines is 1. The summed E-state index contributed by atoms with van der Waals surface area (Å²) in [5.74, 6) is 0.761. The van der Waals surface area contributed by atoms with Gasteiger partial charge in [0.15, 0.2) is 5.84 Å². The molecule has 1 unspecified atom stereocenters. The van der Waals surface area contributed by atoms with E-state index in [9.17, 15) is 0 Å². The first-order valence-corrected chi connectivity index (χ1v) is 5.88. The number of amidine groups is 1. The third-order valence-corrected chi connectivity index (χ3v) is 2.98. The maximum atomic E-state index is 8.77. The van der Waals surface area contributed by atoms with Crippen LogP contribution in [-0.4, -0.2) is 24.6 Å². The summed E-state index contributed by atoms with van der Waals surface area (Å²) >= 11 is 0. The first-order chi connectivity index (χ1) is 8.10. The highest BCUT2D eigenvalue weighted by atomic mass is 16.4. The Morgan fingerprint density at radius 2 is 2.12 bits per heavy atom. The lowest BCUT2D eigenvalue weighted by Crippen LogP contribution is -2.27. The summed E-state index contributed by atoms with van der Waals surface area (Å²) in [7, 11) is 2.02. The maximum absolute atomic E-state index is 8.77. The monoisotopic (exact) mass is 235 g/mol. The molecule has 94 valence electrons. The maximum Gasteiger partial charge on any atom is 0.172 e. The molecule has 0 bridgehead atoms. The molecule has 1 aromatic rings. The molecule has 0 aromatic heterocycles. The largest absolute Gasteiger partial charge is 0.409 e. The molecule has 4 heteroatoms. The van der Waals surface area contributed by atoms with Gasteiger partial charge in [-0.15, -0.1) is 0 Å². The Kier molecular flexibility index (Phi) is 4.82. The Bertz CT molecular complexity index is 390. The van der Waals surface area contributed by atoms with Crippen molar-refractivity contribution in [1.29, 1.82) is 0 Å². The highest BCUT2D eigenvalue weighted by Crippen LogP contribution is 2.20. The lowest BCUT2D eigenvalue weighted by Gasteiger charge is -2.24. The molecular weight excluding hydrogens is 214 g/mol. The van der Waals surface area contributed by atoms with E-state index in [0.717, 1.165) is 24.2 Å². The van der Waals surface area contributed by atoms with E-state index in [0.29, 0.717) is 5.92 Å². The Labute approximate surface area is 103 Å². The smallest absolute Gasteiger partial charge is 0.172 e. The van der Waals surface area contributed by atoms with Gasteiger partial charge in [-0.2, -0.15) is 0 Å². The molecule has 0 heterocycles. The van der Waals surface area contributed by atoms with Crippen LogP contribution >= 0.6 is 0 Å². The molecule has 0 aliphatic heterocycles. The molecule has 1 atom stereocenters. The van der Waals surface area contributed by atoms with Crippen LogP contribution in [0, 0.1) is 5.92 Å². The average molecular weight is 235 g/mol. The molecular formula is C13H21N3O. The minimum absolute atomic E-state index is 0.150. The van der Waals surface area contributed by atoms with Crippen molar-refractivity contribution in [1.82, 2.24) is 0 Å². The number of nitrogens with zero attached hydrogens (tertiary/aromatic N) is 2. The SMILES string of the molecule is CCC(C)CN(C)c1ccccc1/C(N)=N/O. The molecule has 0 saturated carbocycles. The van der Waals surface area contributed by atoms with Gasteiger partial charge < -0.3 is 15.8 Å². The molecule has 3 N–H and O–H groups in total. The van der Waals surface area contributed by atoms with Crippen molar-refractivity contribution in [2.24, 2.45) is 16.8 Å². The molecule has 1 aromatic carbocycles. The van der Waals surface area contributed by atoms with Crippen LogP contribution in [0.25, 0.3) is 0 Å². The number of hydrogen-bond donors (Lipinski definition) is 2. The van der Waals surface area contributed by atoms with Crippen LogP contribution in [0.3, 0.4) is 0 Å². The first kappa shape index (κ1) is 13.4. The van der Waals surface area contributed by atoms with Gasteiger partial charge in [-0.25, -0.2) is 0 Å². The van der Waals surface area contributed by atoms with E-state index in [4.69, 9.17) is 10.9 Å². The summed E-state index contributed by atoms with van der Waals surface area (Å²) in [5.41, 5.74) is 7.42. The van der Waals surface area contributed by atoms with Gasteiger partial charge in [-0.1, -0.05) is 37.6 Å². The van der Waals surface area contributed by atoms with E-state index in [1.807, 2.05) is 31.3 Å². The second-order valence-electron chi connectivity index (χ2n) is 4.40. The highest BCUT2D eigenvalue weighted by Gasteiger charge is 2.11. The van der Waals surface area contributed by atoms with Crippen molar-refractivity contribution in [3.63, 3.8) is 0 Å². The first-order valence-electron chi connectivity index (χ1n) is 5.88. The summed E-state index contributed by atoms with van der Waals surface area (Å²) < 4.78 is 0. The van der Waals surface area contributed by atoms with E-state index < -0.39 is 0 Å². The number of hydrogen-bond acceptors (Lipinski definition) is 3. The van der Waals surface area contributed by atoms with Crippen molar-refractivity contribution < 1.29 is 5.21 Å². The topological polar surface area (TPSA) is 61.8 Å². The van der Waals surface area contributed by atoms with Gasteiger partial charge >= 0.3 is 0 Å². The fraction of sp³-hybridized carbons (Fsp3) is 0.462. The average Bonchev–Trinajstić information content (AvgIpc) is 2.37. The van der Waals surface area contributed by atoms with Gasteiger partial charge in [-0.3, -0.25) is 0 Å². The van der Waals surface area contributed by atoms with Crippen molar-refractivity contribution in [3.05, 3.63) is 29.8 Å². The van der Waals surface area contributed by atoms with E-state index in [1.54, 1.807) is 0 Å². The summed E-state index contributed by atoms with van der Waals surface area (Å²) in [4.78, 5) is 2.14. The number of benzene rings is 1. The lowest BCUT2D eigenvalue weighted by atomic mass is 10.1. The summed E-state index contributed by atoms with van der Waals surface area (Å²) in [6.45, 7) is 5.34. The number of nitrogens with two attached hydrogens (primary N) is 1. The predicted octanol–water partition coefficient (Wildman–Crippen LogP) is 2.26. The van der Waals surface area contributed by atoms with E-state index in [1.165, 1.54) is 0 Å². The molecule has 0 amide bonds. The second-order valence-corrected chi connectivity index (χ2v) is 4.40. The molecule has 0 aliphatic carbocycles. The van der Waals surface area contributed by atoms with E-state index in [2.05, 4.69) is 23.9 Å². The Balaban J connectivity index is 2.97. The minimum atomic E-state index is 0.150. The second kappa shape index (κ2) is 6.13. The minimum Gasteiger partial charge on any atom is -0.409 e.